The van der Waals surface area contributed by atoms with Crippen LogP contribution >= 0.6 is 0 Å². The van der Waals surface area contributed by atoms with E-state index in [1.54, 1.807) is 10.6 Å². The summed E-state index contributed by atoms with van der Waals surface area (Å²) in [5.74, 6) is -1.26. The number of aliphatic carboxylic acids is 1. The number of carbonyl (C=O) groups is 2. The Hall–Kier alpha value is -2.37. The Morgan fingerprint density at radius 2 is 2.25 bits per heavy atom. The van der Waals surface area contributed by atoms with E-state index in [1.807, 2.05) is 25.3 Å². The van der Waals surface area contributed by atoms with E-state index >= 15 is 0 Å². The van der Waals surface area contributed by atoms with Crippen LogP contribution in [0.25, 0.3) is 5.65 Å². The van der Waals surface area contributed by atoms with Crippen molar-refractivity contribution >= 4 is 17.5 Å². The molecule has 3 rings (SSSR count). The standard InChI is InChI=1S/C14H15N3O3/c1-9-4-6-16-8-10(15-12(16)7-9)13(18)17-5-2-3-11(17)14(19)20/h4,6-8,11H,2-3,5H2,1H3,(H,19,20)/t11-/m0/s1. The molecule has 104 valence electrons. The van der Waals surface area contributed by atoms with Gasteiger partial charge in [0.2, 0.25) is 0 Å². The van der Waals surface area contributed by atoms with Gasteiger partial charge in [-0.2, -0.15) is 0 Å². The third-order valence-corrected chi connectivity index (χ3v) is 3.63. The zero-order valence-corrected chi connectivity index (χ0v) is 11.1. The molecule has 2 aromatic rings. The molecule has 0 bridgehead atoms. The van der Waals surface area contributed by atoms with Gasteiger partial charge < -0.3 is 14.4 Å². The van der Waals surface area contributed by atoms with Crippen LogP contribution < -0.4 is 0 Å². The van der Waals surface area contributed by atoms with Gasteiger partial charge in [0.25, 0.3) is 5.91 Å². The van der Waals surface area contributed by atoms with Crippen LogP contribution in [0.15, 0.2) is 24.5 Å². The van der Waals surface area contributed by atoms with E-state index in [2.05, 4.69) is 4.98 Å². The third-order valence-electron chi connectivity index (χ3n) is 3.63. The van der Waals surface area contributed by atoms with Gasteiger partial charge in [-0.1, -0.05) is 0 Å². The number of likely N-dealkylation sites (tertiary alicyclic amines) is 1. The molecular formula is C14H15N3O3. The monoisotopic (exact) mass is 273 g/mol. The van der Waals surface area contributed by atoms with Gasteiger partial charge in [0.1, 0.15) is 17.4 Å². The van der Waals surface area contributed by atoms with Gasteiger partial charge in [0, 0.05) is 18.9 Å². The fourth-order valence-corrected chi connectivity index (χ4v) is 2.60. The van der Waals surface area contributed by atoms with Gasteiger partial charge >= 0.3 is 5.97 Å². The number of hydrogen-bond donors (Lipinski definition) is 1. The number of aryl methyl sites for hydroxylation is 1. The summed E-state index contributed by atoms with van der Waals surface area (Å²) in [5.41, 5.74) is 2.05. The quantitative estimate of drug-likeness (QED) is 0.895. The van der Waals surface area contributed by atoms with Crippen molar-refractivity contribution in [3.63, 3.8) is 0 Å². The van der Waals surface area contributed by atoms with Crippen LogP contribution in [0.1, 0.15) is 28.9 Å². The molecule has 2 aromatic heterocycles. The molecule has 1 N–H and O–H groups in total. The van der Waals surface area contributed by atoms with Crippen molar-refractivity contribution in [2.24, 2.45) is 0 Å². The number of pyridine rings is 1. The van der Waals surface area contributed by atoms with Gasteiger partial charge in [-0.15, -0.1) is 0 Å². The Morgan fingerprint density at radius 1 is 1.45 bits per heavy atom. The molecule has 1 aliphatic heterocycles. The van der Waals surface area contributed by atoms with E-state index < -0.39 is 12.0 Å². The molecule has 0 saturated carbocycles. The number of aromatic nitrogens is 2. The van der Waals surface area contributed by atoms with E-state index in [0.29, 0.717) is 24.3 Å². The minimum absolute atomic E-state index is 0.295. The summed E-state index contributed by atoms with van der Waals surface area (Å²) in [6, 6.07) is 3.09. The summed E-state index contributed by atoms with van der Waals surface area (Å²) in [7, 11) is 0. The second kappa shape index (κ2) is 4.63. The predicted molar refractivity (Wildman–Crippen MR) is 71.6 cm³/mol. The van der Waals surface area contributed by atoms with Crippen molar-refractivity contribution in [2.75, 3.05) is 6.54 Å². The Kier molecular flexibility index (Phi) is 2.93. The number of imidazole rings is 1. The molecule has 1 aliphatic rings. The van der Waals surface area contributed by atoms with Crippen molar-refractivity contribution in [1.29, 1.82) is 0 Å². The molecule has 20 heavy (non-hydrogen) atoms. The number of rotatable bonds is 2. The molecule has 1 amide bonds. The summed E-state index contributed by atoms with van der Waals surface area (Å²) in [6.45, 7) is 2.43. The van der Waals surface area contributed by atoms with Gasteiger partial charge in [-0.05, 0) is 37.5 Å². The van der Waals surface area contributed by atoms with Crippen molar-refractivity contribution in [3.05, 3.63) is 35.8 Å². The highest BCUT2D eigenvalue weighted by Crippen LogP contribution is 2.20. The molecule has 0 spiro atoms. The minimum atomic E-state index is -0.949. The van der Waals surface area contributed by atoms with E-state index in [-0.39, 0.29) is 5.91 Å². The Bertz CT molecular complexity index is 692. The van der Waals surface area contributed by atoms with E-state index in [9.17, 15) is 9.59 Å². The van der Waals surface area contributed by atoms with E-state index in [0.717, 1.165) is 12.0 Å². The summed E-state index contributed by atoms with van der Waals surface area (Å²) in [6.07, 6.45) is 4.71. The van der Waals surface area contributed by atoms with Crippen molar-refractivity contribution < 1.29 is 14.7 Å². The largest absolute Gasteiger partial charge is 0.480 e. The van der Waals surface area contributed by atoms with Crippen LogP contribution in [0.4, 0.5) is 0 Å². The van der Waals surface area contributed by atoms with Crippen molar-refractivity contribution in [1.82, 2.24) is 14.3 Å². The van der Waals surface area contributed by atoms with Crippen LogP contribution in [0, 0.1) is 6.92 Å². The number of fused-ring (bicyclic) bond motifs is 1. The topological polar surface area (TPSA) is 74.9 Å². The Balaban J connectivity index is 1.94. The second-order valence-corrected chi connectivity index (χ2v) is 5.09. The molecule has 1 atom stereocenters. The lowest BCUT2D eigenvalue weighted by Gasteiger charge is -2.19. The zero-order chi connectivity index (χ0) is 14.3. The lowest BCUT2D eigenvalue weighted by molar-refractivity contribution is -0.141. The average molecular weight is 273 g/mol. The molecular weight excluding hydrogens is 258 g/mol. The van der Waals surface area contributed by atoms with Crippen molar-refractivity contribution in [3.8, 4) is 0 Å². The summed E-state index contributed by atoms with van der Waals surface area (Å²) >= 11 is 0. The molecule has 1 fully saturated rings. The highest BCUT2D eigenvalue weighted by atomic mass is 16.4. The molecule has 0 aromatic carbocycles. The van der Waals surface area contributed by atoms with Crippen LogP contribution in [0.3, 0.4) is 0 Å². The maximum atomic E-state index is 12.4. The smallest absolute Gasteiger partial charge is 0.326 e. The second-order valence-electron chi connectivity index (χ2n) is 5.09. The van der Waals surface area contributed by atoms with Crippen LogP contribution in [0.2, 0.25) is 0 Å². The van der Waals surface area contributed by atoms with E-state index in [1.165, 1.54) is 4.90 Å². The van der Waals surface area contributed by atoms with Gasteiger partial charge in [0.15, 0.2) is 0 Å². The van der Waals surface area contributed by atoms with Crippen LogP contribution in [-0.4, -0.2) is 43.9 Å². The first-order valence-corrected chi connectivity index (χ1v) is 6.55. The van der Waals surface area contributed by atoms with E-state index in [4.69, 9.17) is 5.11 Å². The molecule has 0 aliphatic carbocycles. The van der Waals surface area contributed by atoms with Gasteiger partial charge in [-0.25, -0.2) is 9.78 Å². The highest BCUT2D eigenvalue weighted by Gasteiger charge is 2.35. The molecule has 0 unspecified atom stereocenters. The van der Waals surface area contributed by atoms with Crippen LogP contribution in [-0.2, 0) is 4.79 Å². The fraction of sp³-hybridized carbons (Fsp3) is 0.357. The minimum Gasteiger partial charge on any atom is -0.480 e. The lowest BCUT2D eigenvalue weighted by Crippen LogP contribution is -2.40. The highest BCUT2D eigenvalue weighted by molar-refractivity contribution is 5.95. The van der Waals surface area contributed by atoms with Crippen LogP contribution in [0.5, 0.6) is 0 Å². The molecule has 3 heterocycles. The fourth-order valence-electron chi connectivity index (χ4n) is 2.60. The summed E-state index contributed by atoms with van der Waals surface area (Å²) in [5, 5.41) is 9.14. The normalized spacial score (nSPS) is 18.6. The number of carbonyl (C=O) groups excluding carboxylic acids is 1. The number of amides is 1. The number of nitrogens with zero attached hydrogens (tertiary/aromatic N) is 3. The molecule has 0 radical (unpaired) electrons. The molecule has 1 saturated heterocycles. The van der Waals surface area contributed by atoms with Crippen molar-refractivity contribution in [2.45, 2.75) is 25.8 Å². The Morgan fingerprint density at radius 3 is 3.00 bits per heavy atom. The summed E-state index contributed by atoms with van der Waals surface area (Å²) < 4.78 is 1.77. The number of carboxylic acid groups (broad SMARTS) is 1. The van der Waals surface area contributed by atoms with Gasteiger partial charge in [-0.3, -0.25) is 4.79 Å². The molecule has 6 nitrogen and oxygen atoms in total. The first-order valence-electron chi connectivity index (χ1n) is 6.55. The summed E-state index contributed by atoms with van der Waals surface area (Å²) in [4.78, 5) is 29.2. The maximum absolute atomic E-state index is 12.4. The maximum Gasteiger partial charge on any atom is 0.326 e. The Labute approximate surface area is 115 Å². The lowest BCUT2D eigenvalue weighted by atomic mass is 10.2. The number of hydrogen-bond acceptors (Lipinski definition) is 3. The third kappa shape index (κ3) is 2.03. The first kappa shape index (κ1) is 12.7. The average Bonchev–Trinajstić information content (AvgIpc) is 3.03. The number of carboxylic acids is 1. The predicted octanol–water partition coefficient (Wildman–Crippen LogP) is 1.33. The SMILES string of the molecule is Cc1ccn2cc(C(=O)N3CCC[C@H]3C(=O)O)nc2c1. The first-order chi connectivity index (χ1) is 9.56. The zero-order valence-electron chi connectivity index (χ0n) is 11.1. The van der Waals surface area contributed by atoms with Gasteiger partial charge in [0.05, 0.1) is 0 Å². The molecule has 6 heteroatoms.